The van der Waals surface area contributed by atoms with E-state index in [9.17, 15) is 9.59 Å². The molecule has 1 aliphatic carbocycles. The molecule has 0 aliphatic heterocycles. The van der Waals surface area contributed by atoms with Crippen molar-refractivity contribution in [1.29, 1.82) is 0 Å². The van der Waals surface area contributed by atoms with Gasteiger partial charge in [-0.15, -0.1) is 11.8 Å². The minimum absolute atomic E-state index is 0.0932. The number of carbonyl (C=O) groups is 2. The number of amides is 1. The second-order valence-electron chi connectivity index (χ2n) is 6.62. The summed E-state index contributed by atoms with van der Waals surface area (Å²) in [5.74, 6) is 0.430. The fourth-order valence-electron chi connectivity index (χ4n) is 3.39. The molecule has 0 saturated carbocycles. The Bertz CT molecular complexity index is 1020. The van der Waals surface area contributed by atoms with Gasteiger partial charge < -0.3 is 5.32 Å². The largest absolute Gasteiger partial charge is 0.326 e. The Balaban J connectivity index is 1.42. The van der Waals surface area contributed by atoms with Crippen molar-refractivity contribution in [3.8, 4) is 11.1 Å². The molecule has 0 aromatic heterocycles. The van der Waals surface area contributed by atoms with Crippen LogP contribution in [0.5, 0.6) is 0 Å². The first-order chi connectivity index (χ1) is 13.1. The van der Waals surface area contributed by atoms with Gasteiger partial charge in [-0.25, -0.2) is 0 Å². The minimum Gasteiger partial charge on any atom is -0.326 e. The predicted octanol–water partition coefficient (Wildman–Crippen LogP) is 5.19. The number of benzene rings is 3. The molecule has 3 aromatic carbocycles. The maximum Gasteiger partial charge on any atom is 0.221 e. The van der Waals surface area contributed by atoms with Crippen LogP contribution in [0.4, 0.5) is 5.69 Å². The van der Waals surface area contributed by atoms with E-state index in [1.54, 1.807) is 0 Å². The third kappa shape index (κ3) is 3.81. The molecule has 0 saturated heterocycles. The van der Waals surface area contributed by atoms with Gasteiger partial charge in [0.1, 0.15) is 0 Å². The monoisotopic (exact) mass is 373 g/mol. The summed E-state index contributed by atoms with van der Waals surface area (Å²) in [7, 11) is 0. The normalized spacial score (nSPS) is 11.6. The second-order valence-corrected chi connectivity index (χ2v) is 7.67. The molecule has 4 heteroatoms. The summed E-state index contributed by atoms with van der Waals surface area (Å²) in [6.45, 7) is 1.48. The van der Waals surface area contributed by atoms with E-state index in [2.05, 4.69) is 35.6 Å². The summed E-state index contributed by atoms with van der Waals surface area (Å²) in [4.78, 5) is 24.7. The molecule has 134 valence electrons. The molecule has 1 amide bonds. The molecule has 0 unspecified atom stereocenters. The van der Waals surface area contributed by atoms with E-state index in [1.165, 1.54) is 40.9 Å². The van der Waals surface area contributed by atoms with E-state index >= 15 is 0 Å². The molecule has 0 fully saturated rings. The lowest BCUT2D eigenvalue weighted by Gasteiger charge is -2.06. The highest BCUT2D eigenvalue weighted by molar-refractivity contribution is 8.00. The van der Waals surface area contributed by atoms with Gasteiger partial charge in [0.15, 0.2) is 5.78 Å². The Morgan fingerprint density at radius 3 is 2.44 bits per heavy atom. The summed E-state index contributed by atoms with van der Waals surface area (Å²) < 4.78 is 0. The molecule has 4 rings (SSSR count). The van der Waals surface area contributed by atoms with Crippen molar-refractivity contribution >= 4 is 29.1 Å². The number of thioether (sulfide) groups is 1. The number of anilines is 1. The van der Waals surface area contributed by atoms with E-state index in [0.717, 1.165) is 22.6 Å². The number of ketones is 1. The van der Waals surface area contributed by atoms with Gasteiger partial charge in [0.25, 0.3) is 0 Å². The smallest absolute Gasteiger partial charge is 0.221 e. The third-order valence-corrected chi connectivity index (χ3v) is 5.67. The van der Waals surface area contributed by atoms with E-state index in [-0.39, 0.29) is 11.7 Å². The van der Waals surface area contributed by atoms with Crippen molar-refractivity contribution in [2.75, 3.05) is 11.1 Å². The van der Waals surface area contributed by atoms with Gasteiger partial charge in [-0.05, 0) is 59.0 Å². The summed E-state index contributed by atoms with van der Waals surface area (Å²) in [6, 6.07) is 22.0. The van der Waals surface area contributed by atoms with Crippen LogP contribution >= 0.6 is 11.8 Å². The molecule has 0 atom stereocenters. The van der Waals surface area contributed by atoms with Crippen molar-refractivity contribution in [2.45, 2.75) is 18.2 Å². The molecule has 1 N–H and O–H groups in total. The predicted molar refractivity (Wildman–Crippen MR) is 110 cm³/mol. The van der Waals surface area contributed by atoms with Gasteiger partial charge >= 0.3 is 0 Å². The van der Waals surface area contributed by atoms with Crippen LogP contribution in [0.25, 0.3) is 11.1 Å². The second kappa shape index (κ2) is 7.41. The molecule has 0 spiro atoms. The summed E-state index contributed by atoms with van der Waals surface area (Å²) in [5.41, 5.74) is 6.60. The van der Waals surface area contributed by atoms with Crippen LogP contribution in [-0.4, -0.2) is 17.4 Å². The first-order valence-corrected chi connectivity index (χ1v) is 9.83. The number of nitrogens with one attached hydrogen (secondary N) is 1. The van der Waals surface area contributed by atoms with Crippen molar-refractivity contribution < 1.29 is 9.59 Å². The van der Waals surface area contributed by atoms with E-state index in [1.807, 2.05) is 36.4 Å². The average Bonchev–Trinajstić information content (AvgIpc) is 3.04. The average molecular weight is 373 g/mol. The zero-order valence-corrected chi connectivity index (χ0v) is 15.8. The standard InChI is InChI=1S/C23H19NO2S/c1-15(25)24-19-7-9-20(10-8-19)27-14-23(26)17-6-11-22-18(13-17)12-16-4-2-3-5-21(16)22/h2-11,13H,12,14H2,1H3,(H,24,25). The van der Waals surface area contributed by atoms with Crippen LogP contribution in [0.1, 0.15) is 28.4 Å². The fraction of sp³-hybridized carbons (Fsp3) is 0.130. The lowest BCUT2D eigenvalue weighted by atomic mass is 10.0. The molecular formula is C23H19NO2S. The fourth-order valence-corrected chi connectivity index (χ4v) is 4.18. The quantitative estimate of drug-likeness (QED) is 0.387. The highest BCUT2D eigenvalue weighted by Crippen LogP contribution is 2.36. The third-order valence-electron chi connectivity index (χ3n) is 4.66. The van der Waals surface area contributed by atoms with Gasteiger partial charge in [-0.2, -0.15) is 0 Å². The molecule has 0 bridgehead atoms. The first-order valence-electron chi connectivity index (χ1n) is 8.85. The Hall–Kier alpha value is -2.85. The van der Waals surface area contributed by atoms with Gasteiger partial charge in [-0.1, -0.05) is 36.4 Å². The van der Waals surface area contributed by atoms with Gasteiger partial charge in [0.2, 0.25) is 5.91 Å². The summed E-state index contributed by atoms with van der Waals surface area (Å²) >= 11 is 1.51. The maximum atomic E-state index is 12.6. The molecule has 0 heterocycles. The number of carbonyl (C=O) groups excluding carboxylic acids is 2. The number of hydrogen-bond donors (Lipinski definition) is 1. The zero-order valence-electron chi connectivity index (χ0n) is 15.0. The van der Waals surface area contributed by atoms with E-state index < -0.39 is 0 Å². The Morgan fingerprint density at radius 1 is 0.926 bits per heavy atom. The van der Waals surface area contributed by atoms with Crippen molar-refractivity contribution in [2.24, 2.45) is 0 Å². The van der Waals surface area contributed by atoms with E-state index in [4.69, 9.17) is 0 Å². The van der Waals surface area contributed by atoms with Crippen molar-refractivity contribution in [3.63, 3.8) is 0 Å². The molecule has 3 aromatic rings. The molecule has 3 nitrogen and oxygen atoms in total. The Morgan fingerprint density at radius 2 is 1.67 bits per heavy atom. The topological polar surface area (TPSA) is 46.2 Å². The van der Waals surface area contributed by atoms with Gasteiger partial charge in [-0.3, -0.25) is 9.59 Å². The molecule has 1 aliphatic rings. The Labute approximate surface area is 162 Å². The SMILES string of the molecule is CC(=O)Nc1ccc(SCC(=O)c2ccc3c(c2)Cc2ccccc2-3)cc1. The summed E-state index contributed by atoms with van der Waals surface area (Å²) in [5, 5.41) is 2.74. The van der Waals surface area contributed by atoms with Crippen molar-refractivity contribution in [3.05, 3.63) is 83.4 Å². The molecule has 0 radical (unpaired) electrons. The van der Waals surface area contributed by atoms with Crippen LogP contribution in [0, 0.1) is 0 Å². The molecule has 27 heavy (non-hydrogen) atoms. The highest BCUT2D eigenvalue weighted by Gasteiger charge is 2.19. The minimum atomic E-state index is -0.0932. The number of rotatable bonds is 5. The van der Waals surface area contributed by atoms with Crippen LogP contribution < -0.4 is 5.32 Å². The highest BCUT2D eigenvalue weighted by atomic mass is 32.2. The van der Waals surface area contributed by atoms with Crippen LogP contribution in [0.3, 0.4) is 0 Å². The van der Waals surface area contributed by atoms with Crippen LogP contribution in [-0.2, 0) is 11.2 Å². The maximum absolute atomic E-state index is 12.6. The number of hydrogen-bond acceptors (Lipinski definition) is 3. The lowest BCUT2D eigenvalue weighted by Crippen LogP contribution is -2.05. The zero-order chi connectivity index (χ0) is 18.8. The number of fused-ring (bicyclic) bond motifs is 3. The number of Topliss-reactive ketones (excluding diaryl/α,β-unsaturated/α-hetero) is 1. The summed E-state index contributed by atoms with van der Waals surface area (Å²) in [6.07, 6.45) is 0.893. The van der Waals surface area contributed by atoms with E-state index in [0.29, 0.717) is 5.75 Å². The van der Waals surface area contributed by atoms with Gasteiger partial charge in [0, 0.05) is 23.1 Å². The van der Waals surface area contributed by atoms with Gasteiger partial charge in [0.05, 0.1) is 5.75 Å². The molecular weight excluding hydrogens is 354 g/mol. The lowest BCUT2D eigenvalue weighted by molar-refractivity contribution is -0.114. The van der Waals surface area contributed by atoms with Crippen LogP contribution in [0.2, 0.25) is 0 Å². The van der Waals surface area contributed by atoms with Crippen molar-refractivity contribution in [1.82, 2.24) is 0 Å². The Kier molecular flexibility index (Phi) is 4.82. The van der Waals surface area contributed by atoms with Crippen LogP contribution in [0.15, 0.2) is 71.6 Å². The first kappa shape index (κ1) is 17.6.